The summed E-state index contributed by atoms with van der Waals surface area (Å²) in [6.07, 6.45) is 0. The fourth-order valence-corrected chi connectivity index (χ4v) is 2.08. The Morgan fingerprint density at radius 2 is 2.00 bits per heavy atom. The van der Waals surface area contributed by atoms with Crippen molar-refractivity contribution in [1.29, 1.82) is 0 Å². The van der Waals surface area contributed by atoms with Gasteiger partial charge in [-0.2, -0.15) is 0 Å². The van der Waals surface area contributed by atoms with Crippen molar-refractivity contribution in [3.63, 3.8) is 0 Å². The van der Waals surface area contributed by atoms with Gasteiger partial charge in [0, 0.05) is 24.9 Å². The van der Waals surface area contributed by atoms with Crippen LogP contribution < -0.4 is 0 Å². The number of fused-ring (bicyclic) bond motifs is 1. The molecular weight excluding hydrogens is 141 g/mol. The van der Waals surface area contributed by atoms with Crippen LogP contribution >= 0.6 is 11.6 Å². The zero-order chi connectivity index (χ0) is 6.65. The molecule has 1 nitrogen and oxygen atoms in total. The van der Waals surface area contributed by atoms with Crippen LogP contribution in [0.4, 0.5) is 4.39 Å². The fraction of sp³-hybridized carbons (Fsp3) is 1.00. The molecule has 0 aromatic heterocycles. The van der Waals surface area contributed by atoms with Crippen molar-refractivity contribution >= 4 is 11.6 Å². The maximum atomic E-state index is 12.8. The van der Waals surface area contributed by atoms with Crippen molar-refractivity contribution in [2.75, 3.05) is 20.1 Å². The van der Waals surface area contributed by atoms with Gasteiger partial charge in [0.15, 0.2) is 5.13 Å². The number of rotatable bonds is 0. The van der Waals surface area contributed by atoms with Crippen LogP contribution in [0.3, 0.4) is 0 Å². The van der Waals surface area contributed by atoms with Gasteiger partial charge >= 0.3 is 0 Å². The Bertz CT molecular complexity index is 134. The molecule has 1 heterocycles. The van der Waals surface area contributed by atoms with Gasteiger partial charge < -0.3 is 4.90 Å². The standard InChI is InChI=1S/C6H9ClFN/c1-9-2-4-5(3-9)6(4,7)8/h4-5H,2-3H2,1H3/t4-,5+,6?. The zero-order valence-corrected chi connectivity index (χ0v) is 6.03. The van der Waals surface area contributed by atoms with Crippen molar-refractivity contribution in [1.82, 2.24) is 4.90 Å². The van der Waals surface area contributed by atoms with E-state index in [1.807, 2.05) is 7.05 Å². The van der Waals surface area contributed by atoms with E-state index in [4.69, 9.17) is 11.6 Å². The molecule has 1 aliphatic heterocycles. The van der Waals surface area contributed by atoms with E-state index in [-0.39, 0.29) is 11.8 Å². The number of alkyl halides is 2. The first kappa shape index (κ1) is 5.93. The van der Waals surface area contributed by atoms with E-state index in [0.29, 0.717) is 0 Å². The van der Waals surface area contributed by atoms with E-state index in [9.17, 15) is 4.39 Å². The summed E-state index contributed by atoms with van der Waals surface area (Å²) in [6, 6.07) is 0. The second-order valence-electron chi connectivity index (χ2n) is 3.11. The third kappa shape index (κ3) is 0.635. The Balaban J connectivity index is 2.06. The predicted molar refractivity (Wildman–Crippen MR) is 34.2 cm³/mol. The first-order chi connectivity index (χ1) is 4.12. The molecule has 1 unspecified atom stereocenters. The monoisotopic (exact) mass is 149 g/mol. The van der Waals surface area contributed by atoms with Crippen molar-refractivity contribution in [2.45, 2.75) is 5.13 Å². The summed E-state index contributed by atoms with van der Waals surface area (Å²) in [5, 5.41) is -1.33. The number of hydrogen-bond donors (Lipinski definition) is 0. The van der Waals surface area contributed by atoms with E-state index in [1.165, 1.54) is 0 Å². The lowest BCUT2D eigenvalue weighted by atomic mass is 10.4. The van der Waals surface area contributed by atoms with Crippen molar-refractivity contribution in [3.05, 3.63) is 0 Å². The quantitative estimate of drug-likeness (QED) is 0.466. The van der Waals surface area contributed by atoms with Crippen LogP contribution in [0.5, 0.6) is 0 Å². The van der Waals surface area contributed by atoms with Crippen LogP contribution in [-0.4, -0.2) is 30.2 Å². The molecule has 2 fully saturated rings. The molecule has 0 aromatic rings. The summed E-state index contributed by atoms with van der Waals surface area (Å²) in [5.41, 5.74) is 0. The van der Waals surface area contributed by atoms with Gasteiger partial charge in [0.1, 0.15) is 0 Å². The molecule has 9 heavy (non-hydrogen) atoms. The lowest BCUT2D eigenvalue weighted by Crippen LogP contribution is -2.22. The first-order valence-electron chi connectivity index (χ1n) is 3.18. The van der Waals surface area contributed by atoms with Gasteiger partial charge in [0.25, 0.3) is 0 Å². The van der Waals surface area contributed by atoms with E-state index in [0.717, 1.165) is 13.1 Å². The number of likely N-dealkylation sites (tertiary alicyclic amines) is 1. The molecule has 1 aliphatic carbocycles. The average molecular weight is 150 g/mol. The predicted octanol–water partition coefficient (Wildman–Crippen LogP) is 1.08. The topological polar surface area (TPSA) is 3.24 Å². The summed E-state index contributed by atoms with van der Waals surface area (Å²) in [7, 11) is 2.00. The largest absolute Gasteiger partial charge is 0.305 e. The van der Waals surface area contributed by atoms with Crippen LogP contribution in [0.1, 0.15) is 0 Å². The molecule has 2 aliphatic rings. The molecular formula is C6H9ClFN. The Hall–Kier alpha value is 0.180. The summed E-state index contributed by atoms with van der Waals surface area (Å²) >= 11 is 5.48. The molecule has 0 amide bonds. The normalized spacial score (nSPS) is 57.7. The highest BCUT2D eigenvalue weighted by Crippen LogP contribution is 2.60. The highest BCUT2D eigenvalue weighted by Gasteiger charge is 2.68. The van der Waals surface area contributed by atoms with E-state index in [2.05, 4.69) is 4.90 Å². The molecule has 0 aromatic carbocycles. The van der Waals surface area contributed by atoms with Crippen LogP contribution in [0.25, 0.3) is 0 Å². The molecule has 0 bridgehead atoms. The van der Waals surface area contributed by atoms with Gasteiger partial charge in [-0.25, -0.2) is 4.39 Å². The van der Waals surface area contributed by atoms with Crippen LogP contribution in [0.15, 0.2) is 0 Å². The first-order valence-corrected chi connectivity index (χ1v) is 3.56. The smallest absolute Gasteiger partial charge is 0.192 e. The lowest BCUT2D eigenvalue weighted by molar-refractivity contribution is 0.273. The minimum Gasteiger partial charge on any atom is -0.305 e. The van der Waals surface area contributed by atoms with Crippen molar-refractivity contribution in [2.24, 2.45) is 11.8 Å². The summed E-state index contributed by atoms with van der Waals surface area (Å²) < 4.78 is 12.8. The lowest BCUT2D eigenvalue weighted by Gasteiger charge is -2.12. The van der Waals surface area contributed by atoms with Crippen LogP contribution in [-0.2, 0) is 0 Å². The Morgan fingerprint density at radius 1 is 1.56 bits per heavy atom. The molecule has 3 atom stereocenters. The SMILES string of the molecule is CN1C[C@@H]2[C@H](C1)C2(F)Cl. The Kier molecular flexibility index (Phi) is 0.941. The summed E-state index contributed by atoms with van der Waals surface area (Å²) in [5.74, 6) is 0.258. The van der Waals surface area contributed by atoms with Gasteiger partial charge in [-0.3, -0.25) is 0 Å². The molecule has 0 radical (unpaired) electrons. The number of hydrogen-bond acceptors (Lipinski definition) is 1. The van der Waals surface area contributed by atoms with Gasteiger partial charge in [0.05, 0.1) is 0 Å². The number of halogens is 2. The molecule has 2 rings (SSSR count). The maximum absolute atomic E-state index is 12.8. The fourth-order valence-electron chi connectivity index (χ4n) is 1.70. The van der Waals surface area contributed by atoms with Gasteiger partial charge in [-0.15, -0.1) is 0 Å². The minimum absolute atomic E-state index is 0.129. The third-order valence-electron chi connectivity index (χ3n) is 2.38. The van der Waals surface area contributed by atoms with Gasteiger partial charge in [-0.1, -0.05) is 11.6 Å². The van der Waals surface area contributed by atoms with Crippen LogP contribution in [0, 0.1) is 11.8 Å². The number of nitrogens with zero attached hydrogens (tertiary/aromatic N) is 1. The third-order valence-corrected chi connectivity index (χ3v) is 2.94. The zero-order valence-electron chi connectivity index (χ0n) is 5.27. The van der Waals surface area contributed by atoms with Crippen molar-refractivity contribution < 1.29 is 4.39 Å². The second kappa shape index (κ2) is 1.43. The van der Waals surface area contributed by atoms with Gasteiger partial charge in [-0.05, 0) is 7.05 Å². The number of piperidine rings is 1. The molecule has 0 N–H and O–H groups in total. The summed E-state index contributed by atoms with van der Waals surface area (Å²) in [4.78, 5) is 2.12. The molecule has 1 saturated heterocycles. The molecule has 3 heteroatoms. The molecule has 1 saturated carbocycles. The average Bonchev–Trinajstić information content (AvgIpc) is 2.27. The maximum Gasteiger partial charge on any atom is 0.192 e. The highest BCUT2D eigenvalue weighted by molar-refractivity contribution is 6.25. The molecule has 52 valence electrons. The highest BCUT2D eigenvalue weighted by atomic mass is 35.5. The van der Waals surface area contributed by atoms with E-state index >= 15 is 0 Å². The van der Waals surface area contributed by atoms with Crippen LogP contribution in [0.2, 0.25) is 0 Å². The van der Waals surface area contributed by atoms with E-state index in [1.54, 1.807) is 0 Å². The van der Waals surface area contributed by atoms with E-state index < -0.39 is 5.13 Å². The van der Waals surface area contributed by atoms with Gasteiger partial charge in [0.2, 0.25) is 0 Å². The molecule has 0 spiro atoms. The van der Waals surface area contributed by atoms with Crippen molar-refractivity contribution in [3.8, 4) is 0 Å². The Labute approximate surface area is 58.8 Å². The Morgan fingerprint density at radius 3 is 2.33 bits per heavy atom. The second-order valence-corrected chi connectivity index (χ2v) is 3.69. The minimum atomic E-state index is -1.33. The summed E-state index contributed by atoms with van der Waals surface area (Å²) in [6.45, 7) is 1.68.